The Labute approximate surface area is 69.0 Å². The number of alkyl halides is 1. The van der Waals surface area contributed by atoms with Gasteiger partial charge in [0.25, 0.3) is 0 Å². The molecule has 0 aliphatic rings. The van der Waals surface area contributed by atoms with Gasteiger partial charge in [0.2, 0.25) is 0 Å². The fourth-order valence-electron chi connectivity index (χ4n) is 0.485. The highest BCUT2D eigenvalue weighted by Crippen LogP contribution is 1.95. The maximum Gasteiger partial charge on any atom is 0.322 e. The zero-order valence-corrected chi connectivity index (χ0v) is 7.56. The average Bonchev–Trinajstić information content (AvgIpc) is 1.89. The molecule has 0 aliphatic carbocycles. The molecule has 0 radical (unpaired) electrons. The summed E-state index contributed by atoms with van der Waals surface area (Å²) in [6, 6.07) is -0.473. The van der Waals surface area contributed by atoms with Crippen LogP contribution in [0.5, 0.6) is 0 Å². The maximum absolute atomic E-state index is 10.8. The van der Waals surface area contributed by atoms with Crippen LogP contribution >= 0.6 is 15.9 Å². The summed E-state index contributed by atoms with van der Waals surface area (Å²) in [4.78, 5) is 10.8. The van der Waals surface area contributed by atoms with Crippen molar-refractivity contribution < 1.29 is 9.53 Å². The van der Waals surface area contributed by atoms with Crippen LogP contribution in [0.3, 0.4) is 0 Å². The van der Waals surface area contributed by atoms with E-state index in [-0.39, 0.29) is 5.97 Å². The minimum absolute atomic E-state index is 0.318. The van der Waals surface area contributed by atoms with Gasteiger partial charge >= 0.3 is 5.97 Å². The molecule has 1 atom stereocenters. The molecule has 0 spiro atoms. The number of rotatable bonds is 4. The Bertz CT molecular complexity index is 108. The normalized spacial score (nSPS) is 12.7. The molecule has 0 aromatic rings. The van der Waals surface area contributed by atoms with E-state index in [0.29, 0.717) is 13.0 Å². The van der Waals surface area contributed by atoms with Gasteiger partial charge in [-0.05, 0) is 13.3 Å². The summed E-state index contributed by atoms with van der Waals surface area (Å²) in [5.74, 6) is -0.318. The number of esters is 1. The zero-order valence-electron chi connectivity index (χ0n) is 5.97. The summed E-state index contributed by atoms with van der Waals surface area (Å²) in [5.41, 5.74) is 5.41. The number of halogens is 1. The van der Waals surface area contributed by atoms with Crippen LogP contribution < -0.4 is 5.73 Å². The summed E-state index contributed by atoms with van der Waals surface area (Å²) < 4.78 is 4.67. The summed E-state index contributed by atoms with van der Waals surface area (Å²) in [5, 5.41) is 0.729. The second kappa shape index (κ2) is 5.68. The molecular weight excluding hydrogens is 198 g/mol. The van der Waals surface area contributed by atoms with Crippen molar-refractivity contribution in [3.05, 3.63) is 0 Å². The number of carbonyl (C=O) groups is 1. The number of ether oxygens (including phenoxy) is 1. The standard InChI is InChI=1S/C6H12BrNO2/c1-2-10-6(9)5(8)3-4-7/h5H,2-4,8H2,1H3. The average molecular weight is 210 g/mol. The second-order valence-electron chi connectivity index (χ2n) is 1.84. The van der Waals surface area contributed by atoms with Crippen molar-refractivity contribution >= 4 is 21.9 Å². The first kappa shape index (κ1) is 9.91. The van der Waals surface area contributed by atoms with Crippen LogP contribution in [0, 0.1) is 0 Å². The lowest BCUT2D eigenvalue weighted by Crippen LogP contribution is -2.32. The molecular formula is C6H12BrNO2. The van der Waals surface area contributed by atoms with Crippen molar-refractivity contribution in [2.75, 3.05) is 11.9 Å². The monoisotopic (exact) mass is 209 g/mol. The predicted molar refractivity (Wildman–Crippen MR) is 43.0 cm³/mol. The third-order valence-electron chi connectivity index (χ3n) is 1.01. The topological polar surface area (TPSA) is 52.3 Å². The lowest BCUT2D eigenvalue weighted by atomic mass is 10.2. The first-order valence-corrected chi connectivity index (χ1v) is 4.32. The van der Waals surface area contributed by atoms with Crippen LogP contribution in [-0.4, -0.2) is 23.9 Å². The Morgan fingerprint density at radius 2 is 2.40 bits per heavy atom. The molecule has 60 valence electrons. The number of hydrogen-bond acceptors (Lipinski definition) is 3. The molecule has 2 N–H and O–H groups in total. The first-order chi connectivity index (χ1) is 4.72. The van der Waals surface area contributed by atoms with Gasteiger partial charge in [-0.3, -0.25) is 4.79 Å². The Kier molecular flexibility index (Phi) is 5.63. The van der Waals surface area contributed by atoms with Crippen LogP contribution in [0.2, 0.25) is 0 Å². The maximum atomic E-state index is 10.8. The SMILES string of the molecule is CCOC(=O)C(N)CCBr. The smallest absolute Gasteiger partial charge is 0.322 e. The molecule has 0 aliphatic heterocycles. The minimum Gasteiger partial charge on any atom is -0.465 e. The van der Waals surface area contributed by atoms with E-state index in [2.05, 4.69) is 20.7 Å². The molecule has 4 heteroatoms. The van der Waals surface area contributed by atoms with Gasteiger partial charge in [0.1, 0.15) is 6.04 Å². The van der Waals surface area contributed by atoms with E-state index in [1.807, 2.05) is 0 Å². The van der Waals surface area contributed by atoms with E-state index in [1.165, 1.54) is 0 Å². The lowest BCUT2D eigenvalue weighted by molar-refractivity contribution is -0.144. The molecule has 3 nitrogen and oxygen atoms in total. The first-order valence-electron chi connectivity index (χ1n) is 3.20. The fourth-order valence-corrected chi connectivity index (χ4v) is 0.978. The molecule has 0 aromatic heterocycles. The van der Waals surface area contributed by atoms with Crippen molar-refractivity contribution in [1.29, 1.82) is 0 Å². The van der Waals surface area contributed by atoms with Crippen molar-refractivity contribution in [1.82, 2.24) is 0 Å². The Morgan fingerprint density at radius 3 is 2.80 bits per heavy atom. The molecule has 1 unspecified atom stereocenters. The predicted octanol–water partition coefficient (Wildman–Crippen LogP) is 0.662. The molecule has 0 aromatic carbocycles. The molecule has 0 saturated carbocycles. The summed E-state index contributed by atoms with van der Waals surface area (Å²) in [6.45, 7) is 2.16. The number of hydrogen-bond donors (Lipinski definition) is 1. The van der Waals surface area contributed by atoms with E-state index in [9.17, 15) is 4.79 Å². The van der Waals surface area contributed by atoms with Gasteiger partial charge in [-0.1, -0.05) is 15.9 Å². The van der Waals surface area contributed by atoms with Crippen LogP contribution in [-0.2, 0) is 9.53 Å². The van der Waals surface area contributed by atoms with Gasteiger partial charge in [0.05, 0.1) is 6.61 Å². The highest BCUT2D eigenvalue weighted by atomic mass is 79.9. The fraction of sp³-hybridized carbons (Fsp3) is 0.833. The van der Waals surface area contributed by atoms with Crippen molar-refractivity contribution in [3.8, 4) is 0 Å². The minimum atomic E-state index is -0.473. The van der Waals surface area contributed by atoms with Gasteiger partial charge in [0, 0.05) is 5.33 Å². The van der Waals surface area contributed by atoms with Crippen LogP contribution in [0.1, 0.15) is 13.3 Å². The van der Waals surface area contributed by atoms with Gasteiger partial charge in [-0.15, -0.1) is 0 Å². The summed E-state index contributed by atoms with van der Waals surface area (Å²) in [7, 11) is 0. The van der Waals surface area contributed by atoms with E-state index in [4.69, 9.17) is 5.73 Å². The third kappa shape index (κ3) is 3.85. The van der Waals surface area contributed by atoms with Gasteiger partial charge in [-0.25, -0.2) is 0 Å². The lowest BCUT2D eigenvalue weighted by Gasteiger charge is -2.07. The van der Waals surface area contributed by atoms with E-state index < -0.39 is 6.04 Å². The van der Waals surface area contributed by atoms with Gasteiger partial charge in [0.15, 0.2) is 0 Å². The van der Waals surface area contributed by atoms with Gasteiger partial charge < -0.3 is 10.5 Å². The molecule has 0 amide bonds. The molecule has 0 heterocycles. The van der Waals surface area contributed by atoms with Gasteiger partial charge in [-0.2, -0.15) is 0 Å². The van der Waals surface area contributed by atoms with Crippen molar-refractivity contribution in [2.45, 2.75) is 19.4 Å². The number of nitrogens with two attached hydrogens (primary N) is 1. The highest BCUT2D eigenvalue weighted by molar-refractivity contribution is 9.09. The molecule has 10 heavy (non-hydrogen) atoms. The number of carbonyl (C=O) groups excluding carboxylic acids is 1. The Morgan fingerprint density at radius 1 is 1.80 bits per heavy atom. The third-order valence-corrected chi connectivity index (χ3v) is 1.47. The summed E-state index contributed by atoms with van der Waals surface area (Å²) in [6.07, 6.45) is 0.624. The molecule has 0 bridgehead atoms. The molecule has 0 saturated heterocycles. The Balaban J connectivity index is 3.49. The van der Waals surface area contributed by atoms with Crippen molar-refractivity contribution in [2.24, 2.45) is 5.73 Å². The molecule has 0 rings (SSSR count). The van der Waals surface area contributed by atoms with Crippen molar-refractivity contribution in [3.63, 3.8) is 0 Å². The highest BCUT2D eigenvalue weighted by Gasteiger charge is 2.12. The van der Waals surface area contributed by atoms with E-state index in [0.717, 1.165) is 5.33 Å². The largest absolute Gasteiger partial charge is 0.465 e. The van der Waals surface area contributed by atoms with Crippen LogP contribution in [0.15, 0.2) is 0 Å². The second-order valence-corrected chi connectivity index (χ2v) is 2.63. The zero-order chi connectivity index (χ0) is 7.98. The summed E-state index contributed by atoms with van der Waals surface area (Å²) >= 11 is 3.18. The van der Waals surface area contributed by atoms with E-state index >= 15 is 0 Å². The van der Waals surface area contributed by atoms with Crippen LogP contribution in [0.25, 0.3) is 0 Å². The van der Waals surface area contributed by atoms with E-state index in [1.54, 1.807) is 6.92 Å². The van der Waals surface area contributed by atoms with Crippen LogP contribution in [0.4, 0.5) is 0 Å². The quantitative estimate of drug-likeness (QED) is 0.547. The molecule has 0 fully saturated rings. The Hall–Kier alpha value is -0.0900.